The van der Waals surface area contributed by atoms with E-state index in [1.807, 2.05) is 12.1 Å². The summed E-state index contributed by atoms with van der Waals surface area (Å²) in [6.07, 6.45) is 3.79. The Morgan fingerprint density at radius 3 is 2.40 bits per heavy atom. The zero-order chi connectivity index (χ0) is 14.6. The Labute approximate surface area is 121 Å². The van der Waals surface area contributed by atoms with E-state index >= 15 is 0 Å². The number of carbonyl (C=O) groups is 1. The summed E-state index contributed by atoms with van der Waals surface area (Å²) in [6.45, 7) is 7.43. The van der Waals surface area contributed by atoms with Gasteiger partial charge in [-0.05, 0) is 41.9 Å². The Bertz CT molecular complexity index is 441. The summed E-state index contributed by atoms with van der Waals surface area (Å²) in [7, 11) is 0. The highest BCUT2D eigenvalue weighted by Gasteiger charge is 2.18. The molecule has 1 saturated carbocycles. The summed E-state index contributed by atoms with van der Waals surface area (Å²) in [5, 5.41) is 2.93. The zero-order valence-corrected chi connectivity index (χ0v) is 12.7. The van der Waals surface area contributed by atoms with Crippen LogP contribution in [0.4, 0.5) is 0 Å². The molecule has 2 rings (SSSR count). The third-order valence-electron chi connectivity index (χ3n) is 3.90. The van der Waals surface area contributed by atoms with Gasteiger partial charge in [-0.25, -0.2) is 0 Å². The predicted octanol–water partition coefficient (Wildman–Crippen LogP) is 3.28. The van der Waals surface area contributed by atoms with Crippen molar-refractivity contribution < 1.29 is 9.53 Å². The fourth-order valence-corrected chi connectivity index (χ4v) is 2.21. The molecule has 110 valence electrons. The molecule has 0 unspecified atom stereocenters. The second-order valence-corrected chi connectivity index (χ2v) is 6.66. The average Bonchev–Trinajstić information content (AvgIpc) is 2.34. The minimum absolute atomic E-state index is 0.0307. The third kappa shape index (κ3) is 4.26. The summed E-state index contributed by atoms with van der Waals surface area (Å²) in [5.41, 5.74) is 1.40. The SMILES string of the molecule is CC(C)(C)c1ccc(OCC(=O)NCC2CCC2)cc1. The lowest BCUT2D eigenvalue weighted by atomic mass is 9.85. The van der Waals surface area contributed by atoms with Gasteiger partial charge in [-0.2, -0.15) is 0 Å². The van der Waals surface area contributed by atoms with Gasteiger partial charge in [-0.15, -0.1) is 0 Å². The highest BCUT2D eigenvalue weighted by Crippen LogP contribution is 2.25. The topological polar surface area (TPSA) is 38.3 Å². The predicted molar refractivity (Wildman–Crippen MR) is 81.0 cm³/mol. The maximum atomic E-state index is 11.7. The summed E-state index contributed by atoms with van der Waals surface area (Å²) in [5.74, 6) is 1.40. The number of hydrogen-bond acceptors (Lipinski definition) is 2. The molecular formula is C17H25NO2. The van der Waals surface area contributed by atoms with Crippen molar-refractivity contribution in [2.24, 2.45) is 5.92 Å². The minimum Gasteiger partial charge on any atom is -0.484 e. The molecule has 1 aliphatic carbocycles. The normalized spacial score (nSPS) is 15.6. The number of ether oxygens (including phenoxy) is 1. The number of rotatable bonds is 5. The lowest BCUT2D eigenvalue weighted by Crippen LogP contribution is -2.35. The van der Waals surface area contributed by atoms with Crippen molar-refractivity contribution in [2.45, 2.75) is 45.4 Å². The molecule has 1 aromatic rings. The number of nitrogens with one attached hydrogen (secondary N) is 1. The van der Waals surface area contributed by atoms with Gasteiger partial charge < -0.3 is 10.1 Å². The van der Waals surface area contributed by atoms with Crippen LogP contribution < -0.4 is 10.1 Å². The number of amides is 1. The largest absolute Gasteiger partial charge is 0.484 e. The van der Waals surface area contributed by atoms with Crippen LogP contribution >= 0.6 is 0 Å². The van der Waals surface area contributed by atoms with Gasteiger partial charge in [-0.3, -0.25) is 4.79 Å². The summed E-state index contributed by atoms with van der Waals surface area (Å²) < 4.78 is 5.51. The molecule has 1 fully saturated rings. The van der Waals surface area contributed by atoms with Crippen LogP contribution in [-0.2, 0) is 10.2 Å². The first-order valence-corrected chi connectivity index (χ1v) is 7.45. The summed E-state index contributed by atoms with van der Waals surface area (Å²) >= 11 is 0. The van der Waals surface area contributed by atoms with Gasteiger partial charge in [0, 0.05) is 6.54 Å². The molecule has 20 heavy (non-hydrogen) atoms. The van der Waals surface area contributed by atoms with E-state index in [1.165, 1.54) is 24.8 Å². The fraction of sp³-hybridized carbons (Fsp3) is 0.588. The van der Waals surface area contributed by atoms with Gasteiger partial charge in [0.15, 0.2) is 6.61 Å². The van der Waals surface area contributed by atoms with Crippen molar-refractivity contribution in [2.75, 3.05) is 13.2 Å². The Morgan fingerprint density at radius 2 is 1.90 bits per heavy atom. The molecular weight excluding hydrogens is 250 g/mol. The van der Waals surface area contributed by atoms with Crippen molar-refractivity contribution >= 4 is 5.91 Å². The van der Waals surface area contributed by atoms with Crippen molar-refractivity contribution in [3.63, 3.8) is 0 Å². The Kier molecular flexibility index (Phi) is 4.69. The molecule has 0 bridgehead atoms. The van der Waals surface area contributed by atoms with E-state index in [0.717, 1.165) is 12.3 Å². The van der Waals surface area contributed by atoms with Crippen molar-refractivity contribution in [1.29, 1.82) is 0 Å². The molecule has 3 heteroatoms. The Balaban J connectivity index is 1.74. The van der Waals surface area contributed by atoms with Crippen molar-refractivity contribution in [1.82, 2.24) is 5.32 Å². The zero-order valence-electron chi connectivity index (χ0n) is 12.7. The van der Waals surface area contributed by atoms with Gasteiger partial charge in [0.05, 0.1) is 0 Å². The van der Waals surface area contributed by atoms with Crippen molar-refractivity contribution in [3.8, 4) is 5.75 Å². The molecule has 0 spiro atoms. The van der Waals surface area contributed by atoms with E-state index in [2.05, 4.69) is 38.2 Å². The van der Waals surface area contributed by atoms with Gasteiger partial charge in [-0.1, -0.05) is 39.3 Å². The van der Waals surface area contributed by atoms with E-state index in [-0.39, 0.29) is 17.9 Å². The van der Waals surface area contributed by atoms with Crippen LogP contribution in [0.2, 0.25) is 0 Å². The minimum atomic E-state index is -0.0307. The number of carbonyl (C=O) groups excluding carboxylic acids is 1. The van der Waals surface area contributed by atoms with E-state index in [9.17, 15) is 4.79 Å². The maximum Gasteiger partial charge on any atom is 0.257 e. The first kappa shape index (κ1) is 14.9. The van der Waals surface area contributed by atoms with Gasteiger partial charge in [0.2, 0.25) is 0 Å². The lowest BCUT2D eigenvalue weighted by molar-refractivity contribution is -0.123. The smallest absolute Gasteiger partial charge is 0.257 e. The molecule has 1 N–H and O–H groups in total. The molecule has 0 aliphatic heterocycles. The number of benzene rings is 1. The third-order valence-corrected chi connectivity index (χ3v) is 3.90. The maximum absolute atomic E-state index is 11.7. The van der Waals surface area contributed by atoms with Gasteiger partial charge in [0.1, 0.15) is 5.75 Å². The van der Waals surface area contributed by atoms with E-state index in [1.54, 1.807) is 0 Å². The first-order valence-electron chi connectivity index (χ1n) is 7.45. The Hall–Kier alpha value is -1.51. The quantitative estimate of drug-likeness (QED) is 0.895. The van der Waals surface area contributed by atoms with Crippen LogP contribution in [0.15, 0.2) is 24.3 Å². The van der Waals surface area contributed by atoms with Gasteiger partial charge >= 0.3 is 0 Å². The van der Waals surface area contributed by atoms with Crippen LogP contribution in [0, 0.1) is 5.92 Å². The van der Waals surface area contributed by atoms with Crippen LogP contribution in [0.1, 0.15) is 45.6 Å². The van der Waals surface area contributed by atoms with Crippen molar-refractivity contribution in [3.05, 3.63) is 29.8 Å². The lowest BCUT2D eigenvalue weighted by Gasteiger charge is -2.25. The van der Waals surface area contributed by atoms with E-state index in [0.29, 0.717) is 5.92 Å². The summed E-state index contributed by atoms with van der Waals surface area (Å²) in [4.78, 5) is 11.7. The molecule has 3 nitrogen and oxygen atoms in total. The molecule has 0 saturated heterocycles. The van der Waals surface area contributed by atoms with Crippen LogP contribution in [0.5, 0.6) is 5.75 Å². The fourth-order valence-electron chi connectivity index (χ4n) is 2.21. The number of hydrogen-bond donors (Lipinski definition) is 1. The van der Waals surface area contributed by atoms with Crippen LogP contribution in [0.3, 0.4) is 0 Å². The highest BCUT2D eigenvalue weighted by atomic mass is 16.5. The summed E-state index contributed by atoms with van der Waals surface area (Å²) in [6, 6.07) is 7.97. The van der Waals surface area contributed by atoms with E-state index in [4.69, 9.17) is 4.74 Å². The molecule has 0 radical (unpaired) electrons. The average molecular weight is 275 g/mol. The Morgan fingerprint density at radius 1 is 1.25 bits per heavy atom. The molecule has 0 heterocycles. The standard InChI is InChI=1S/C17H25NO2/c1-17(2,3)14-7-9-15(10-8-14)20-12-16(19)18-11-13-5-4-6-13/h7-10,13H,4-6,11-12H2,1-3H3,(H,18,19). The molecule has 0 aromatic heterocycles. The van der Waals surface area contributed by atoms with E-state index < -0.39 is 0 Å². The van der Waals surface area contributed by atoms with Gasteiger partial charge in [0.25, 0.3) is 5.91 Å². The molecule has 1 aromatic carbocycles. The molecule has 1 amide bonds. The monoisotopic (exact) mass is 275 g/mol. The first-order chi connectivity index (χ1) is 9.45. The second-order valence-electron chi connectivity index (χ2n) is 6.66. The highest BCUT2D eigenvalue weighted by molar-refractivity contribution is 5.77. The second kappa shape index (κ2) is 6.29. The molecule has 1 aliphatic rings. The molecule has 0 atom stereocenters. The van der Waals surface area contributed by atoms with Crippen LogP contribution in [-0.4, -0.2) is 19.1 Å². The van der Waals surface area contributed by atoms with Crippen LogP contribution in [0.25, 0.3) is 0 Å².